The molecule has 0 spiro atoms. The molecule has 0 bridgehead atoms. The minimum Gasteiger partial charge on any atom is -0.481 e. The molecule has 5 nitrogen and oxygen atoms in total. The Kier molecular flexibility index (Phi) is 5.11. The van der Waals surface area contributed by atoms with E-state index in [0.29, 0.717) is 24.8 Å². The normalized spacial score (nSPS) is 11.2. The summed E-state index contributed by atoms with van der Waals surface area (Å²) in [6, 6.07) is 3.97. The van der Waals surface area contributed by atoms with Gasteiger partial charge in [0.2, 0.25) is 0 Å². The molecule has 0 aromatic carbocycles. The second-order valence-corrected chi connectivity index (χ2v) is 7.34. The van der Waals surface area contributed by atoms with Crippen molar-refractivity contribution in [1.82, 2.24) is 9.55 Å². The average Bonchev–Trinajstić information content (AvgIpc) is 3.19. The van der Waals surface area contributed by atoms with E-state index in [1.807, 2.05) is 29.8 Å². The van der Waals surface area contributed by atoms with E-state index in [1.54, 1.807) is 15.9 Å². The Balaban J connectivity index is 2.10. The Labute approximate surface area is 147 Å². The van der Waals surface area contributed by atoms with Crippen molar-refractivity contribution in [3.63, 3.8) is 0 Å². The fourth-order valence-electron chi connectivity index (χ4n) is 2.71. The van der Waals surface area contributed by atoms with Gasteiger partial charge in [0.1, 0.15) is 10.7 Å². The minimum absolute atomic E-state index is 0.0530. The largest absolute Gasteiger partial charge is 0.481 e. The molecule has 3 aromatic rings. The molecule has 0 saturated carbocycles. The first-order valence-corrected chi connectivity index (χ1v) is 9.64. The molecule has 0 saturated heterocycles. The predicted octanol–water partition coefficient (Wildman–Crippen LogP) is 4.00. The zero-order valence-electron chi connectivity index (χ0n) is 13.3. The van der Waals surface area contributed by atoms with E-state index in [9.17, 15) is 9.59 Å². The molecular formula is C17H18N2O3S2. The van der Waals surface area contributed by atoms with Crippen LogP contribution in [0.2, 0.25) is 0 Å². The molecule has 0 aliphatic rings. The van der Waals surface area contributed by atoms with Gasteiger partial charge >= 0.3 is 5.97 Å². The van der Waals surface area contributed by atoms with E-state index in [2.05, 4.69) is 0 Å². The molecular weight excluding hydrogens is 344 g/mol. The maximum atomic E-state index is 13.1. The maximum Gasteiger partial charge on any atom is 0.303 e. The first-order valence-electron chi connectivity index (χ1n) is 7.88. The third-order valence-electron chi connectivity index (χ3n) is 3.81. The fraction of sp³-hybridized carbons (Fsp3) is 0.353. The van der Waals surface area contributed by atoms with Crippen molar-refractivity contribution in [2.45, 2.75) is 39.2 Å². The number of aliphatic carboxylic acids is 1. The molecule has 3 rings (SSSR count). The van der Waals surface area contributed by atoms with Gasteiger partial charge in [0.05, 0.1) is 5.39 Å². The van der Waals surface area contributed by atoms with Crippen molar-refractivity contribution in [2.24, 2.45) is 0 Å². The van der Waals surface area contributed by atoms with Gasteiger partial charge in [-0.15, -0.1) is 22.7 Å². The standard InChI is InChI=1S/C17H18N2O3S2/c1-2-5-13-18-16-15(11(10-24-16)12-6-4-9-23-12)17(22)19(13)8-3-7-14(20)21/h4,6,9-10H,2-3,5,7-8H2,1H3,(H,20,21). The Morgan fingerprint density at radius 1 is 1.38 bits per heavy atom. The molecule has 3 aromatic heterocycles. The number of carboxylic acids is 1. The van der Waals surface area contributed by atoms with Crippen molar-refractivity contribution < 1.29 is 9.90 Å². The summed E-state index contributed by atoms with van der Waals surface area (Å²) in [4.78, 5) is 30.3. The zero-order chi connectivity index (χ0) is 17.1. The summed E-state index contributed by atoms with van der Waals surface area (Å²) in [6.07, 6.45) is 2.08. The van der Waals surface area contributed by atoms with Gasteiger partial charge in [0.15, 0.2) is 0 Å². The van der Waals surface area contributed by atoms with E-state index in [0.717, 1.165) is 27.5 Å². The lowest BCUT2D eigenvalue weighted by Crippen LogP contribution is -2.25. The second-order valence-electron chi connectivity index (χ2n) is 5.54. The fourth-order valence-corrected chi connectivity index (χ4v) is 4.48. The molecule has 0 aliphatic heterocycles. The van der Waals surface area contributed by atoms with E-state index >= 15 is 0 Å². The maximum absolute atomic E-state index is 13.1. The molecule has 24 heavy (non-hydrogen) atoms. The van der Waals surface area contributed by atoms with Gasteiger partial charge in [-0.1, -0.05) is 13.0 Å². The molecule has 1 N–H and O–H groups in total. The van der Waals surface area contributed by atoms with Crippen LogP contribution in [-0.2, 0) is 17.8 Å². The topological polar surface area (TPSA) is 72.2 Å². The summed E-state index contributed by atoms with van der Waals surface area (Å²) >= 11 is 3.09. The number of carbonyl (C=O) groups is 1. The molecule has 3 heterocycles. The Morgan fingerprint density at radius 2 is 2.21 bits per heavy atom. The van der Waals surface area contributed by atoms with E-state index in [4.69, 9.17) is 10.1 Å². The Morgan fingerprint density at radius 3 is 2.88 bits per heavy atom. The lowest BCUT2D eigenvalue weighted by molar-refractivity contribution is -0.137. The first kappa shape index (κ1) is 16.9. The predicted molar refractivity (Wildman–Crippen MR) is 98.1 cm³/mol. The monoisotopic (exact) mass is 362 g/mol. The quantitative estimate of drug-likeness (QED) is 0.689. The van der Waals surface area contributed by atoms with Crippen LogP contribution in [0.5, 0.6) is 0 Å². The van der Waals surface area contributed by atoms with Gasteiger partial charge in [-0.2, -0.15) is 0 Å². The summed E-state index contributed by atoms with van der Waals surface area (Å²) in [5, 5.41) is 13.5. The number of hydrogen-bond acceptors (Lipinski definition) is 5. The van der Waals surface area contributed by atoms with Gasteiger partial charge < -0.3 is 5.11 Å². The van der Waals surface area contributed by atoms with Crippen molar-refractivity contribution in [3.05, 3.63) is 39.1 Å². The third-order valence-corrected chi connectivity index (χ3v) is 5.58. The summed E-state index contributed by atoms with van der Waals surface area (Å²) in [5.74, 6) is -0.0936. The number of aromatic nitrogens is 2. The molecule has 0 fully saturated rings. The van der Waals surface area contributed by atoms with Gasteiger partial charge in [-0.05, 0) is 24.3 Å². The van der Waals surface area contributed by atoms with Crippen LogP contribution in [0.3, 0.4) is 0 Å². The lowest BCUT2D eigenvalue weighted by Gasteiger charge is -2.11. The van der Waals surface area contributed by atoms with E-state index in [1.165, 1.54) is 11.3 Å². The number of hydrogen-bond donors (Lipinski definition) is 1. The molecule has 0 unspecified atom stereocenters. The van der Waals surface area contributed by atoms with Crippen LogP contribution in [0.15, 0.2) is 27.7 Å². The van der Waals surface area contributed by atoms with E-state index in [-0.39, 0.29) is 12.0 Å². The number of nitrogens with zero attached hydrogens (tertiary/aromatic N) is 2. The number of rotatable bonds is 7. The summed E-state index contributed by atoms with van der Waals surface area (Å²) < 4.78 is 1.67. The van der Waals surface area contributed by atoms with Crippen molar-refractivity contribution in [2.75, 3.05) is 0 Å². The number of aryl methyl sites for hydroxylation is 1. The second kappa shape index (κ2) is 7.27. The number of fused-ring (bicyclic) bond motifs is 1. The smallest absolute Gasteiger partial charge is 0.303 e. The first-order chi connectivity index (χ1) is 11.6. The van der Waals surface area contributed by atoms with Gasteiger partial charge in [0.25, 0.3) is 5.56 Å². The SMILES string of the molecule is CCCc1nc2scc(-c3cccs3)c2c(=O)n1CCCC(=O)O. The molecule has 0 amide bonds. The third kappa shape index (κ3) is 3.27. The van der Waals surface area contributed by atoms with E-state index < -0.39 is 5.97 Å². The van der Waals surface area contributed by atoms with Crippen LogP contribution in [0.4, 0.5) is 0 Å². The van der Waals surface area contributed by atoms with Crippen LogP contribution in [0.1, 0.15) is 32.0 Å². The summed E-state index contributed by atoms with van der Waals surface area (Å²) in [7, 11) is 0. The molecule has 126 valence electrons. The summed E-state index contributed by atoms with van der Waals surface area (Å²) in [5.41, 5.74) is 0.871. The van der Waals surface area contributed by atoms with Crippen LogP contribution < -0.4 is 5.56 Å². The van der Waals surface area contributed by atoms with Crippen molar-refractivity contribution in [1.29, 1.82) is 0 Å². The molecule has 0 atom stereocenters. The van der Waals surface area contributed by atoms with Crippen molar-refractivity contribution in [3.8, 4) is 10.4 Å². The summed E-state index contributed by atoms with van der Waals surface area (Å²) in [6.45, 7) is 2.44. The molecule has 0 radical (unpaired) electrons. The zero-order valence-corrected chi connectivity index (χ0v) is 15.0. The highest BCUT2D eigenvalue weighted by molar-refractivity contribution is 7.18. The van der Waals surface area contributed by atoms with Gasteiger partial charge in [-0.25, -0.2) is 4.98 Å². The van der Waals surface area contributed by atoms with Crippen LogP contribution >= 0.6 is 22.7 Å². The average molecular weight is 362 g/mol. The highest BCUT2D eigenvalue weighted by atomic mass is 32.1. The van der Waals surface area contributed by atoms with Crippen LogP contribution in [0, 0.1) is 0 Å². The highest BCUT2D eigenvalue weighted by Gasteiger charge is 2.17. The minimum atomic E-state index is -0.844. The van der Waals surface area contributed by atoms with Crippen molar-refractivity contribution >= 4 is 38.9 Å². The van der Waals surface area contributed by atoms with Crippen LogP contribution in [-0.4, -0.2) is 20.6 Å². The Hall–Kier alpha value is -1.99. The Bertz CT molecular complexity index is 910. The molecule has 7 heteroatoms. The van der Waals surface area contributed by atoms with Crippen LogP contribution in [0.25, 0.3) is 20.7 Å². The number of carboxylic acid groups (broad SMARTS) is 1. The lowest BCUT2D eigenvalue weighted by atomic mass is 10.2. The van der Waals surface area contributed by atoms with Gasteiger partial charge in [-0.3, -0.25) is 14.2 Å². The molecule has 0 aliphatic carbocycles. The number of thiophene rings is 2. The highest BCUT2D eigenvalue weighted by Crippen LogP contribution is 2.33. The van der Waals surface area contributed by atoms with Gasteiger partial charge in [0, 0.05) is 35.2 Å².